The first-order valence-corrected chi connectivity index (χ1v) is 17.3. The van der Waals surface area contributed by atoms with Gasteiger partial charge in [-0.2, -0.15) is 0 Å². The van der Waals surface area contributed by atoms with E-state index in [2.05, 4.69) is 26.6 Å². The summed E-state index contributed by atoms with van der Waals surface area (Å²) >= 11 is 0. The molecular formula is C35H51N5O9. The summed E-state index contributed by atoms with van der Waals surface area (Å²) in [6.07, 6.45) is 6.33. The Morgan fingerprint density at radius 2 is 1.49 bits per heavy atom. The van der Waals surface area contributed by atoms with Gasteiger partial charge in [-0.05, 0) is 49.0 Å². The van der Waals surface area contributed by atoms with Gasteiger partial charge in [0.25, 0.3) is 5.91 Å². The molecule has 1 aromatic rings. The maximum Gasteiger partial charge on any atom is 0.407 e. The summed E-state index contributed by atoms with van der Waals surface area (Å²) in [5.41, 5.74) is 0.330. The zero-order valence-corrected chi connectivity index (χ0v) is 28.6. The van der Waals surface area contributed by atoms with Gasteiger partial charge in [0.15, 0.2) is 6.04 Å². The first-order valence-electron chi connectivity index (χ1n) is 17.3. The van der Waals surface area contributed by atoms with Crippen LogP contribution in [0.3, 0.4) is 0 Å². The summed E-state index contributed by atoms with van der Waals surface area (Å²) in [4.78, 5) is 90.0. The number of carboxylic acid groups (broad SMARTS) is 1. The molecule has 3 rings (SSSR count). The van der Waals surface area contributed by atoms with E-state index in [0.29, 0.717) is 18.4 Å². The summed E-state index contributed by atoms with van der Waals surface area (Å²) in [7, 11) is 0. The van der Waals surface area contributed by atoms with E-state index in [0.717, 1.165) is 44.9 Å². The average Bonchev–Trinajstić information content (AvgIpc) is 3.91. The van der Waals surface area contributed by atoms with Crippen molar-refractivity contribution in [3.8, 4) is 0 Å². The minimum absolute atomic E-state index is 0.112. The summed E-state index contributed by atoms with van der Waals surface area (Å²) in [5, 5.41) is 22.2. The molecule has 49 heavy (non-hydrogen) atoms. The number of benzene rings is 1. The monoisotopic (exact) mass is 685 g/mol. The lowest BCUT2D eigenvalue weighted by Crippen LogP contribution is -2.58. The fourth-order valence-corrected chi connectivity index (χ4v) is 5.84. The number of rotatable bonds is 19. The Hall–Kier alpha value is -4.49. The third-order valence-corrected chi connectivity index (χ3v) is 8.65. The molecule has 2 aliphatic rings. The number of ketones is 1. The van der Waals surface area contributed by atoms with E-state index >= 15 is 0 Å². The van der Waals surface area contributed by atoms with Crippen molar-refractivity contribution in [2.45, 2.75) is 109 Å². The first-order chi connectivity index (χ1) is 23.4. The topological polar surface area (TPSA) is 209 Å². The van der Waals surface area contributed by atoms with Crippen molar-refractivity contribution in [2.24, 2.45) is 17.8 Å². The highest BCUT2D eigenvalue weighted by Gasteiger charge is 2.37. The molecule has 2 fully saturated rings. The number of carbonyl (C=O) groups is 7. The number of carbonyl (C=O) groups excluding carboxylic acids is 6. The number of carboxylic acids is 1. The van der Waals surface area contributed by atoms with E-state index in [1.807, 2.05) is 13.8 Å². The number of ether oxygens (including phenoxy) is 1. The van der Waals surface area contributed by atoms with Crippen LogP contribution in [0, 0.1) is 17.8 Å². The van der Waals surface area contributed by atoms with Crippen molar-refractivity contribution in [3.05, 3.63) is 35.9 Å². The highest BCUT2D eigenvalue weighted by Crippen LogP contribution is 2.34. The molecule has 4 atom stereocenters. The number of nitrogens with one attached hydrogen (secondary N) is 5. The molecule has 270 valence electrons. The molecule has 6 N–H and O–H groups in total. The van der Waals surface area contributed by atoms with Gasteiger partial charge in [0, 0.05) is 0 Å². The van der Waals surface area contributed by atoms with Gasteiger partial charge in [0.2, 0.25) is 23.5 Å². The summed E-state index contributed by atoms with van der Waals surface area (Å²) in [5.74, 6) is -5.17. The van der Waals surface area contributed by atoms with Crippen LogP contribution in [0.25, 0.3) is 0 Å². The Morgan fingerprint density at radius 1 is 0.837 bits per heavy atom. The molecule has 0 spiro atoms. The van der Waals surface area contributed by atoms with Crippen LogP contribution in [0.2, 0.25) is 0 Å². The van der Waals surface area contributed by atoms with Gasteiger partial charge >= 0.3 is 12.1 Å². The SMILES string of the molecule is CCCC(NC(=O)[C@H](CC1CC1)NC(=O)C(NC(=O)OCC(C)C)C1CCCCC1)C(=O)C(=O)NCC(=O)NC(C(=O)O)c1ccccc1. The molecule has 14 heteroatoms. The van der Waals surface area contributed by atoms with Crippen LogP contribution in [0.4, 0.5) is 4.79 Å². The third kappa shape index (κ3) is 13.1. The standard InChI is InChI=1S/C35H51N5O9/c1-4-11-25(30(42)33(45)36-19-27(41)39-29(34(46)47)24-14-9-6-10-15-24)37-31(43)26(18-22-16-17-22)38-32(44)28(23-12-7-5-8-13-23)40-35(48)49-20-21(2)3/h6,9-10,14-15,21-23,25-26,28-29H,4-5,7-8,11-13,16-20H2,1-3H3,(H,36,45)(H,37,43)(H,38,44)(H,39,41)(H,40,48)(H,46,47)/t25?,26-,28?,29?/m0/s1. The number of aliphatic carboxylic acids is 1. The number of hydrogen-bond acceptors (Lipinski definition) is 8. The zero-order valence-electron chi connectivity index (χ0n) is 28.6. The van der Waals surface area contributed by atoms with E-state index in [4.69, 9.17) is 4.74 Å². The number of Topliss-reactive ketones (excluding diaryl/α,β-unsaturated/α-hetero) is 1. The molecule has 0 radical (unpaired) electrons. The van der Waals surface area contributed by atoms with Crippen molar-refractivity contribution in [1.82, 2.24) is 26.6 Å². The molecule has 5 amide bonds. The summed E-state index contributed by atoms with van der Waals surface area (Å²) in [6, 6.07) is 3.52. The maximum atomic E-state index is 13.7. The smallest absolute Gasteiger partial charge is 0.407 e. The predicted octanol–water partition coefficient (Wildman–Crippen LogP) is 2.51. The second kappa shape index (κ2) is 19.5. The quantitative estimate of drug-likeness (QED) is 0.118. The second-order valence-electron chi connectivity index (χ2n) is 13.4. The van der Waals surface area contributed by atoms with Crippen molar-refractivity contribution in [3.63, 3.8) is 0 Å². The van der Waals surface area contributed by atoms with E-state index in [9.17, 15) is 38.7 Å². The molecule has 0 aliphatic heterocycles. The van der Waals surface area contributed by atoms with Gasteiger partial charge in [-0.15, -0.1) is 0 Å². The van der Waals surface area contributed by atoms with E-state index in [-0.39, 0.29) is 30.8 Å². The molecule has 3 unspecified atom stereocenters. The van der Waals surface area contributed by atoms with Gasteiger partial charge in [0.05, 0.1) is 19.2 Å². The summed E-state index contributed by atoms with van der Waals surface area (Å²) < 4.78 is 5.28. The normalized spacial score (nSPS) is 17.1. The Morgan fingerprint density at radius 3 is 2.08 bits per heavy atom. The highest BCUT2D eigenvalue weighted by molar-refractivity contribution is 6.38. The van der Waals surface area contributed by atoms with Crippen LogP contribution >= 0.6 is 0 Å². The Kier molecular flexibility index (Phi) is 15.5. The lowest BCUT2D eigenvalue weighted by Gasteiger charge is -2.31. The van der Waals surface area contributed by atoms with E-state index in [1.165, 1.54) is 12.1 Å². The lowest BCUT2D eigenvalue weighted by atomic mass is 9.83. The third-order valence-electron chi connectivity index (χ3n) is 8.65. The lowest BCUT2D eigenvalue weighted by molar-refractivity contribution is -0.142. The summed E-state index contributed by atoms with van der Waals surface area (Å²) in [6.45, 7) is 5.11. The van der Waals surface area contributed by atoms with Crippen LogP contribution in [0.1, 0.15) is 96.6 Å². The van der Waals surface area contributed by atoms with Crippen LogP contribution < -0.4 is 26.6 Å². The van der Waals surface area contributed by atoms with E-state index in [1.54, 1.807) is 25.1 Å². The van der Waals surface area contributed by atoms with Crippen LogP contribution in [0.15, 0.2) is 30.3 Å². The molecule has 0 heterocycles. The minimum atomic E-state index is -1.36. The van der Waals surface area contributed by atoms with Gasteiger partial charge in [0.1, 0.15) is 12.1 Å². The van der Waals surface area contributed by atoms with Gasteiger partial charge < -0.3 is 36.4 Å². The molecule has 2 aliphatic carbocycles. The van der Waals surface area contributed by atoms with Crippen LogP contribution in [-0.4, -0.2) is 77.9 Å². The molecule has 2 saturated carbocycles. The van der Waals surface area contributed by atoms with Crippen molar-refractivity contribution in [2.75, 3.05) is 13.2 Å². The molecule has 0 aromatic heterocycles. The molecule has 1 aromatic carbocycles. The largest absolute Gasteiger partial charge is 0.479 e. The van der Waals surface area contributed by atoms with Crippen molar-refractivity contribution < 1.29 is 43.4 Å². The fraction of sp³-hybridized carbons (Fsp3) is 0.629. The van der Waals surface area contributed by atoms with E-state index < -0.39 is 72.2 Å². The Balaban J connectivity index is 1.64. The predicted molar refractivity (Wildman–Crippen MR) is 179 cm³/mol. The second-order valence-corrected chi connectivity index (χ2v) is 13.4. The van der Waals surface area contributed by atoms with Crippen molar-refractivity contribution >= 4 is 41.5 Å². The molecule has 14 nitrogen and oxygen atoms in total. The minimum Gasteiger partial charge on any atom is -0.479 e. The number of alkyl carbamates (subject to hydrolysis) is 1. The van der Waals surface area contributed by atoms with Crippen LogP contribution in [-0.2, 0) is 33.5 Å². The Bertz CT molecular complexity index is 1310. The number of hydrogen-bond donors (Lipinski definition) is 6. The Labute approximate surface area is 287 Å². The van der Waals surface area contributed by atoms with Gasteiger partial charge in [-0.1, -0.05) is 89.6 Å². The van der Waals surface area contributed by atoms with Crippen molar-refractivity contribution in [1.29, 1.82) is 0 Å². The van der Waals surface area contributed by atoms with Gasteiger partial charge in [-0.3, -0.25) is 24.0 Å². The molecular weight excluding hydrogens is 634 g/mol. The highest BCUT2D eigenvalue weighted by atomic mass is 16.5. The first kappa shape index (κ1) is 39.0. The number of amides is 5. The zero-order chi connectivity index (χ0) is 35.9. The van der Waals surface area contributed by atoms with Gasteiger partial charge in [-0.25, -0.2) is 9.59 Å². The maximum absolute atomic E-state index is 13.7. The average molecular weight is 686 g/mol. The molecule has 0 bridgehead atoms. The molecule has 0 saturated heterocycles. The fourth-order valence-electron chi connectivity index (χ4n) is 5.84. The van der Waals surface area contributed by atoms with Crippen LogP contribution in [0.5, 0.6) is 0 Å².